The van der Waals surface area contributed by atoms with Gasteiger partial charge in [0.15, 0.2) is 0 Å². The molecule has 10 heteroatoms. The van der Waals surface area contributed by atoms with Crippen molar-refractivity contribution in [2.45, 2.75) is 50.5 Å². The lowest BCUT2D eigenvalue weighted by atomic mass is 9.74. The topological polar surface area (TPSA) is 51.0 Å². The van der Waals surface area contributed by atoms with E-state index in [0.29, 0.717) is 29.4 Å². The Hall–Kier alpha value is -1.74. The molecular weight excluding hydrogens is 453 g/mol. The minimum absolute atomic E-state index is 0.0660. The second kappa shape index (κ2) is 7.69. The van der Waals surface area contributed by atoms with Gasteiger partial charge in [0.2, 0.25) is 0 Å². The first-order chi connectivity index (χ1) is 14.6. The molecule has 2 aliphatic heterocycles. The van der Waals surface area contributed by atoms with Crippen molar-refractivity contribution in [3.63, 3.8) is 0 Å². The number of hydrogen-bond donors (Lipinski definition) is 1. The van der Waals surface area contributed by atoms with Crippen LogP contribution in [0.4, 0.5) is 13.2 Å². The number of halogens is 5. The number of alkyl halides is 3. The predicted octanol–water partition coefficient (Wildman–Crippen LogP) is 5.31. The normalized spacial score (nSPS) is 22.3. The molecule has 164 valence electrons. The number of benzene rings is 2. The molecule has 2 aliphatic rings. The lowest BCUT2D eigenvalue weighted by Gasteiger charge is -2.31. The third kappa shape index (κ3) is 3.44. The standard InChI is InChI=1S/C21H19BCl2F3NO3/c1-3-19(4-2)18-15(6-5-7-16(18)22(29)30-19)17-11-20(31-28-17,21(25,26)27)12-8-13(23)10-14(24)9-12/h5-10,29H,3-4,11H2,1-2H3. The molecule has 2 aromatic carbocycles. The summed E-state index contributed by atoms with van der Waals surface area (Å²) in [5.41, 5.74) is -2.00. The van der Waals surface area contributed by atoms with Crippen LogP contribution in [-0.4, -0.2) is 24.0 Å². The molecule has 4 rings (SSSR count). The zero-order valence-electron chi connectivity index (χ0n) is 16.8. The molecule has 0 aliphatic carbocycles. The van der Waals surface area contributed by atoms with E-state index in [0.717, 1.165) is 0 Å². The van der Waals surface area contributed by atoms with Crippen molar-refractivity contribution in [3.05, 3.63) is 63.1 Å². The molecule has 0 spiro atoms. The van der Waals surface area contributed by atoms with E-state index in [1.807, 2.05) is 13.8 Å². The minimum atomic E-state index is -4.78. The Morgan fingerprint density at radius 3 is 2.35 bits per heavy atom. The Balaban J connectivity index is 1.83. The van der Waals surface area contributed by atoms with Gasteiger partial charge in [-0.3, -0.25) is 0 Å². The molecular formula is C21H19BCl2F3NO3. The first kappa shape index (κ1) is 22.5. The van der Waals surface area contributed by atoms with Crippen molar-refractivity contribution in [2.24, 2.45) is 5.16 Å². The van der Waals surface area contributed by atoms with Gasteiger partial charge in [0.05, 0.1) is 11.3 Å². The van der Waals surface area contributed by atoms with Crippen molar-refractivity contribution in [1.29, 1.82) is 0 Å². The maximum atomic E-state index is 14.3. The van der Waals surface area contributed by atoms with Crippen LogP contribution in [-0.2, 0) is 20.7 Å². The minimum Gasteiger partial charge on any atom is -0.423 e. The van der Waals surface area contributed by atoms with E-state index in [2.05, 4.69) is 5.16 Å². The third-order valence-electron chi connectivity index (χ3n) is 6.12. The Morgan fingerprint density at radius 1 is 1.13 bits per heavy atom. The van der Waals surface area contributed by atoms with Gasteiger partial charge in [0, 0.05) is 27.6 Å². The molecule has 1 N–H and O–H groups in total. The van der Waals surface area contributed by atoms with E-state index in [-0.39, 0.29) is 21.3 Å². The van der Waals surface area contributed by atoms with Gasteiger partial charge >= 0.3 is 13.3 Å². The highest BCUT2D eigenvalue weighted by molar-refractivity contribution is 6.62. The summed E-state index contributed by atoms with van der Waals surface area (Å²) >= 11 is 11.9. The summed E-state index contributed by atoms with van der Waals surface area (Å²) in [6, 6.07) is 8.77. The molecule has 4 nitrogen and oxygen atoms in total. The molecule has 0 bridgehead atoms. The Bertz CT molecular complexity index is 1040. The van der Waals surface area contributed by atoms with Gasteiger partial charge in [-0.1, -0.05) is 60.4 Å². The lowest BCUT2D eigenvalue weighted by molar-refractivity contribution is -0.275. The van der Waals surface area contributed by atoms with E-state index < -0.39 is 30.9 Å². The van der Waals surface area contributed by atoms with Gasteiger partial charge in [0.25, 0.3) is 5.60 Å². The molecule has 0 saturated carbocycles. The Kier molecular flexibility index (Phi) is 5.57. The van der Waals surface area contributed by atoms with Gasteiger partial charge in [-0.2, -0.15) is 13.2 Å². The average Bonchev–Trinajstić information content (AvgIpc) is 3.28. The highest BCUT2D eigenvalue weighted by Crippen LogP contribution is 2.50. The van der Waals surface area contributed by atoms with Crippen molar-refractivity contribution in [2.75, 3.05) is 0 Å². The van der Waals surface area contributed by atoms with Crippen LogP contribution in [0.2, 0.25) is 10.0 Å². The summed E-state index contributed by atoms with van der Waals surface area (Å²) in [6.45, 7) is 3.81. The summed E-state index contributed by atoms with van der Waals surface area (Å²) in [6.07, 6.45) is -4.28. The van der Waals surface area contributed by atoms with E-state index >= 15 is 0 Å². The largest absolute Gasteiger partial charge is 0.492 e. The molecule has 2 aromatic rings. The summed E-state index contributed by atoms with van der Waals surface area (Å²) in [4.78, 5) is 5.13. The van der Waals surface area contributed by atoms with Crippen LogP contribution in [0.25, 0.3) is 0 Å². The number of fused-ring (bicyclic) bond motifs is 1. The third-order valence-corrected chi connectivity index (χ3v) is 6.56. The van der Waals surface area contributed by atoms with Gasteiger partial charge in [0.1, 0.15) is 0 Å². The number of hydrogen-bond acceptors (Lipinski definition) is 4. The number of nitrogens with zero attached hydrogens (tertiary/aromatic N) is 1. The van der Waals surface area contributed by atoms with Gasteiger partial charge in [-0.15, -0.1) is 0 Å². The van der Waals surface area contributed by atoms with Gasteiger partial charge in [-0.05, 0) is 42.1 Å². The fraction of sp³-hybridized carbons (Fsp3) is 0.381. The van der Waals surface area contributed by atoms with Crippen LogP contribution in [0, 0.1) is 0 Å². The maximum Gasteiger partial charge on any atom is 0.492 e. The zero-order valence-corrected chi connectivity index (χ0v) is 18.3. The highest BCUT2D eigenvalue weighted by Gasteiger charge is 2.63. The van der Waals surface area contributed by atoms with E-state index in [1.165, 1.54) is 18.2 Å². The molecule has 31 heavy (non-hydrogen) atoms. The van der Waals surface area contributed by atoms with E-state index in [4.69, 9.17) is 32.7 Å². The summed E-state index contributed by atoms with van der Waals surface area (Å²) in [5.74, 6) is 0. The average molecular weight is 472 g/mol. The van der Waals surface area contributed by atoms with Crippen molar-refractivity contribution in [1.82, 2.24) is 0 Å². The van der Waals surface area contributed by atoms with Crippen molar-refractivity contribution >= 4 is 41.5 Å². The van der Waals surface area contributed by atoms with Crippen LogP contribution >= 0.6 is 23.2 Å². The Morgan fingerprint density at radius 2 is 1.77 bits per heavy atom. The van der Waals surface area contributed by atoms with Crippen LogP contribution in [0.3, 0.4) is 0 Å². The summed E-state index contributed by atoms with van der Waals surface area (Å²) in [7, 11) is -1.16. The zero-order chi connectivity index (χ0) is 22.6. The molecule has 0 radical (unpaired) electrons. The molecule has 1 unspecified atom stereocenters. The molecule has 0 aromatic heterocycles. The summed E-state index contributed by atoms with van der Waals surface area (Å²) in [5, 5.41) is 14.4. The summed E-state index contributed by atoms with van der Waals surface area (Å²) < 4.78 is 48.8. The van der Waals surface area contributed by atoms with E-state index in [1.54, 1.807) is 18.2 Å². The molecule has 0 fully saturated rings. The first-order valence-electron chi connectivity index (χ1n) is 9.85. The SMILES string of the molecule is CCC1(CC)OB(O)c2cccc(C3=NOC(c4cc(Cl)cc(Cl)c4)(C(F)(F)F)C3)c21. The molecule has 0 amide bonds. The first-order valence-corrected chi connectivity index (χ1v) is 10.6. The molecule has 1 atom stereocenters. The van der Waals surface area contributed by atoms with Crippen molar-refractivity contribution < 1.29 is 27.7 Å². The van der Waals surface area contributed by atoms with E-state index in [9.17, 15) is 18.2 Å². The van der Waals surface area contributed by atoms with Gasteiger partial charge < -0.3 is 14.5 Å². The lowest BCUT2D eigenvalue weighted by Crippen LogP contribution is -2.43. The fourth-order valence-electron chi connectivity index (χ4n) is 4.47. The molecule has 2 heterocycles. The second-order valence-corrected chi connectivity index (χ2v) is 8.60. The van der Waals surface area contributed by atoms with Crippen LogP contribution < -0.4 is 5.46 Å². The highest BCUT2D eigenvalue weighted by atomic mass is 35.5. The number of oxime groups is 1. The smallest absolute Gasteiger partial charge is 0.423 e. The predicted molar refractivity (Wildman–Crippen MR) is 114 cm³/mol. The van der Waals surface area contributed by atoms with Crippen LogP contribution in [0.1, 0.15) is 49.8 Å². The monoisotopic (exact) mass is 471 g/mol. The molecule has 0 saturated heterocycles. The number of rotatable bonds is 4. The van der Waals surface area contributed by atoms with Gasteiger partial charge in [-0.25, -0.2) is 0 Å². The quantitative estimate of drug-likeness (QED) is 0.615. The van der Waals surface area contributed by atoms with Crippen molar-refractivity contribution in [3.8, 4) is 0 Å². The second-order valence-electron chi connectivity index (χ2n) is 7.73. The van der Waals surface area contributed by atoms with Crippen LogP contribution in [0.15, 0.2) is 41.6 Å². The Labute approximate surface area is 188 Å². The maximum absolute atomic E-state index is 14.3. The fourth-order valence-corrected chi connectivity index (χ4v) is 4.99. The van der Waals surface area contributed by atoms with Crippen LogP contribution in [0.5, 0.6) is 0 Å².